The van der Waals surface area contributed by atoms with Gasteiger partial charge in [-0.15, -0.1) is 5.10 Å². The molecule has 1 aromatic heterocycles. The molecule has 0 radical (unpaired) electrons. The van der Waals surface area contributed by atoms with Crippen molar-refractivity contribution < 1.29 is 14.6 Å². The molecule has 0 fully saturated rings. The monoisotopic (exact) mass is 277 g/mol. The largest absolute Gasteiger partial charge is 0.493 e. The van der Waals surface area contributed by atoms with E-state index in [9.17, 15) is 5.11 Å². The molecule has 2 rings (SSSR count). The lowest BCUT2D eigenvalue weighted by Gasteiger charge is -2.13. The minimum atomic E-state index is -0.124. The number of hydrogen-bond donors (Lipinski definition) is 1. The van der Waals surface area contributed by atoms with Crippen LogP contribution in [0.15, 0.2) is 18.2 Å². The fourth-order valence-corrected chi connectivity index (χ4v) is 2.16. The van der Waals surface area contributed by atoms with Crippen molar-refractivity contribution in [2.45, 2.75) is 26.4 Å². The molecule has 108 valence electrons. The van der Waals surface area contributed by atoms with Gasteiger partial charge in [-0.25, -0.2) is 4.68 Å². The first kappa shape index (κ1) is 14.3. The number of aromatic nitrogens is 3. The number of hydrogen-bond acceptors (Lipinski definition) is 5. The van der Waals surface area contributed by atoms with Crippen LogP contribution in [0.4, 0.5) is 0 Å². The van der Waals surface area contributed by atoms with Gasteiger partial charge in [0, 0.05) is 6.07 Å². The van der Waals surface area contributed by atoms with Gasteiger partial charge in [-0.05, 0) is 18.1 Å². The van der Waals surface area contributed by atoms with Crippen LogP contribution in [0.2, 0.25) is 0 Å². The standard InChI is InChI=1S/C14H19N3O3/c1-9(2)14-11(8-18)15-16-17(14)10-5-6-12(19-3)13(7-10)20-4/h5-7,9,18H,8H2,1-4H3. The van der Waals surface area contributed by atoms with Gasteiger partial charge in [0.05, 0.1) is 32.2 Å². The number of aliphatic hydroxyl groups is 1. The number of benzene rings is 1. The van der Waals surface area contributed by atoms with E-state index in [-0.39, 0.29) is 12.5 Å². The van der Waals surface area contributed by atoms with Crippen molar-refractivity contribution in [2.75, 3.05) is 14.2 Å². The highest BCUT2D eigenvalue weighted by Crippen LogP contribution is 2.30. The fourth-order valence-electron chi connectivity index (χ4n) is 2.16. The summed E-state index contributed by atoms with van der Waals surface area (Å²) in [7, 11) is 3.18. The van der Waals surface area contributed by atoms with Gasteiger partial charge >= 0.3 is 0 Å². The van der Waals surface area contributed by atoms with Crippen molar-refractivity contribution in [3.63, 3.8) is 0 Å². The first-order chi connectivity index (χ1) is 9.62. The molecule has 1 N–H and O–H groups in total. The topological polar surface area (TPSA) is 69.4 Å². The first-order valence-electron chi connectivity index (χ1n) is 6.40. The summed E-state index contributed by atoms with van der Waals surface area (Å²) in [6, 6.07) is 5.53. The molecule has 1 aromatic carbocycles. The molecule has 0 saturated carbocycles. The summed E-state index contributed by atoms with van der Waals surface area (Å²) >= 11 is 0. The Hall–Kier alpha value is -2.08. The van der Waals surface area contributed by atoms with E-state index in [1.807, 2.05) is 32.0 Å². The molecule has 0 saturated heterocycles. The Kier molecular flexibility index (Phi) is 4.24. The van der Waals surface area contributed by atoms with Gasteiger partial charge in [-0.2, -0.15) is 0 Å². The van der Waals surface area contributed by atoms with E-state index >= 15 is 0 Å². The Morgan fingerprint density at radius 1 is 1.20 bits per heavy atom. The molecule has 2 aromatic rings. The molecular formula is C14H19N3O3. The summed E-state index contributed by atoms with van der Waals surface area (Å²) in [6.07, 6.45) is 0. The summed E-state index contributed by atoms with van der Waals surface area (Å²) in [6.45, 7) is 3.95. The maximum absolute atomic E-state index is 9.35. The van der Waals surface area contributed by atoms with Gasteiger partial charge in [0.2, 0.25) is 0 Å². The average molecular weight is 277 g/mol. The second-order valence-electron chi connectivity index (χ2n) is 4.69. The molecule has 0 bridgehead atoms. The summed E-state index contributed by atoms with van der Waals surface area (Å²) in [5.41, 5.74) is 2.30. The Morgan fingerprint density at radius 3 is 2.45 bits per heavy atom. The zero-order chi connectivity index (χ0) is 14.7. The number of ether oxygens (including phenoxy) is 2. The van der Waals surface area contributed by atoms with Crippen molar-refractivity contribution >= 4 is 0 Å². The third-order valence-electron chi connectivity index (χ3n) is 3.09. The van der Waals surface area contributed by atoms with E-state index in [4.69, 9.17) is 9.47 Å². The molecule has 0 amide bonds. The number of rotatable bonds is 5. The minimum absolute atomic E-state index is 0.124. The molecule has 20 heavy (non-hydrogen) atoms. The van der Waals surface area contributed by atoms with Crippen LogP contribution in [0.3, 0.4) is 0 Å². The van der Waals surface area contributed by atoms with Crippen LogP contribution in [-0.4, -0.2) is 34.3 Å². The summed E-state index contributed by atoms with van der Waals surface area (Å²) in [5, 5.41) is 17.5. The van der Waals surface area contributed by atoms with E-state index in [1.54, 1.807) is 18.9 Å². The second kappa shape index (κ2) is 5.92. The zero-order valence-corrected chi connectivity index (χ0v) is 12.1. The Bertz CT molecular complexity index is 593. The highest BCUT2D eigenvalue weighted by molar-refractivity contribution is 5.49. The smallest absolute Gasteiger partial charge is 0.162 e. The van der Waals surface area contributed by atoms with Crippen LogP contribution in [0.5, 0.6) is 11.5 Å². The summed E-state index contributed by atoms with van der Waals surface area (Å²) in [5.74, 6) is 1.48. The normalized spacial score (nSPS) is 10.9. The third-order valence-corrected chi connectivity index (χ3v) is 3.09. The van der Waals surface area contributed by atoms with Crippen LogP contribution in [0.1, 0.15) is 31.2 Å². The van der Waals surface area contributed by atoms with E-state index in [1.165, 1.54) is 0 Å². The van der Waals surface area contributed by atoms with E-state index in [2.05, 4.69) is 10.3 Å². The van der Waals surface area contributed by atoms with Gasteiger partial charge in [-0.3, -0.25) is 0 Å². The van der Waals surface area contributed by atoms with Crippen LogP contribution in [0.25, 0.3) is 5.69 Å². The SMILES string of the molecule is COc1ccc(-n2nnc(CO)c2C(C)C)cc1OC. The van der Waals surface area contributed by atoms with Gasteiger partial charge < -0.3 is 14.6 Å². The van der Waals surface area contributed by atoms with Crippen LogP contribution in [-0.2, 0) is 6.61 Å². The molecule has 0 unspecified atom stereocenters. The number of methoxy groups -OCH3 is 2. The molecule has 0 aliphatic carbocycles. The Labute approximate surface area is 117 Å². The Morgan fingerprint density at radius 2 is 1.90 bits per heavy atom. The highest BCUT2D eigenvalue weighted by atomic mass is 16.5. The molecular weight excluding hydrogens is 258 g/mol. The number of aliphatic hydroxyl groups excluding tert-OH is 1. The zero-order valence-electron chi connectivity index (χ0n) is 12.1. The maximum atomic E-state index is 9.35. The quantitative estimate of drug-likeness (QED) is 0.904. The summed E-state index contributed by atoms with van der Waals surface area (Å²) in [4.78, 5) is 0. The molecule has 1 heterocycles. The Balaban J connectivity index is 2.54. The predicted molar refractivity (Wildman–Crippen MR) is 74.5 cm³/mol. The molecule has 0 aliphatic rings. The van der Waals surface area contributed by atoms with E-state index in [0.717, 1.165) is 11.4 Å². The van der Waals surface area contributed by atoms with Crippen LogP contribution >= 0.6 is 0 Å². The maximum Gasteiger partial charge on any atom is 0.162 e. The lowest BCUT2D eigenvalue weighted by molar-refractivity contribution is 0.275. The lowest BCUT2D eigenvalue weighted by Crippen LogP contribution is -2.06. The van der Waals surface area contributed by atoms with Crippen molar-refractivity contribution in [1.82, 2.24) is 15.0 Å². The van der Waals surface area contributed by atoms with Crippen LogP contribution in [0, 0.1) is 0 Å². The third kappa shape index (κ3) is 2.46. The lowest BCUT2D eigenvalue weighted by atomic mass is 10.1. The van der Waals surface area contributed by atoms with Gasteiger partial charge in [-0.1, -0.05) is 19.1 Å². The van der Waals surface area contributed by atoms with Crippen molar-refractivity contribution in [3.8, 4) is 17.2 Å². The van der Waals surface area contributed by atoms with Crippen molar-refractivity contribution in [2.24, 2.45) is 0 Å². The van der Waals surface area contributed by atoms with Crippen molar-refractivity contribution in [1.29, 1.82) is 0 Å². The molecule has 6 nitrogen and oxygen atoms in total. The predicted octanol–water partition coefficient (Wildman–Crippen LogP) is 1.90. The molecule has 0 aliphatic heterocycles. The summed E-state index contributed by atoms with van der Waals surface area (Å²) < 4.78 is 12.2. The number of nitrogens with zero attached hydrogens (tertiary/aromatic N) is 3. The second-order valence-corrected chi connectivity index (χ2v) is 4.69. The van der Waals surface area contributed by atoms with Gasteiger partial charge in [0.25, 0.3) is 0 Å². The van der Waals surface area contributed by atoms with E-state index < -0.39 is 0 Å². The molecule has 0 atom stereocenters. The fraction of sp³-hybridized carbons (Fsp3) is 0.429. The molecule has 0 spiro atoms. The minimum Gasteiger partial charge on any atom is -0.493 e. The van der Waals surface area contributed by atoms with Crippen molar-refractivity contribution in [3.05, 3.63) is 29.6 Å². The molecule has 6 heteroatoms. The average Bonchev–Trinajstić information content (AvgIpc) is 2.90. The van der Waals surface area contributed by atoms with Gasteiger partial charge in [0.15, 0.2) is 11.5 Å². The van der Waals surface area contributed by atoms with Gasteiger partial charge in [0.1, 0.15) is 5.69 Å². The van der Waals surface area contributed by atoms with Crippen LogP contribution < -0.4 is 9.47 Å². The van der Waals surface area contributed by atoms with E-state index in [0.29, 0.717) is 17.2 Å². The first-order valence-corrected chi connectivity index (χ1v) is 6.40. The highest BCUT2D eigenvalue weighted by Gasteiger charge is 2.17.